The summed E-state index contributed by atoms with van der Waals surface area (Å²) in [4.78, 5) is 12.9. The van der Waals surface area contributed by atoms with E-state index in [1.54, 1.807) is 0 Å². The molecule has 1 aromatic rings. The Balaban J connectivity index is 2.21. The van der Waals surface area contributed by atoms with Gasteiger partial charge >= 0.3 is 0 Å². The van der Waals surface area contributed by atoms with Gasteiger partial charge in [0.25, 0.3) is 0 Å². The normalized spacial score (nSPS) is 17.7. The number of hydrogen-bond donors (Lipinski definition) is 2. The summed E-state index contributed by atoms with van der Waals surface area (Å²) in [7, 11) is 0. The van der Waals surface area contributed by atoms with Crippen LogP contribution in [0.5, 0.6) is 0 Å². The lowest BCUT2D eigenvalue weighted by atomic mass is 9.73. The van der Waals surface area contributed by atoms with E-state index < -0.39 is 5.41 Å². The maximum atomic E-state index is 12.6. The standard InChI is InChI=1S/C14H17BrN2OS/c15-10-6-2-3-7-11(10)17-13(18)14(12(16)19)8-4-1-5-9-14/h2-3,6-7H,1,4-5,8-9H2,(H2,16,19)(H,17,18). The number of anilines is 1. The van der Waals surface area contributed by atoms with Gasteiger partial charge in [-0.3, -0.25) is 4.79 Å². The minimum atomic E-state index is -0.678. The molecule has 1 amide bonds. The number of hydrogen-bond acceptors (Lipinski definition) is 2. The molecule has 5 heteroatoms. The highest BCUT2D eigenvalue weighted by Gasteiger charge is 2.42. The highest BCUT2D eigenvalue weighted by Crippen LogP contribution is 2.38. The van der Waals surface area contributed by atoms with E-state index in [4.69, 9.17) is 18.0 Å². The van der Waals surface area contributed by atoms with E-state index in [1.165, 1.54) is 0 Å². The molecule has 1 aliphatic carbocycles. The molecule has 0 bridgehead atoms. The molecular weight excluding hydrogens is 324 g/mol. The zero-order valence-corrected chi connectivity index (χ0v) is 13.0. The lowest BCUT2D eigenvalue weighted by Crippen LogP contribution is -2.47. The second kappa shape index (κ2) is 6.01. The topological polar surface area (TPSA) is 55.1 Å². The Labute approximate surface area is 127 Å². The van der Waals surface area contributed by atoms with Crippen LogP contribution in [-0.4, -0.2) is 10.9 Å². The van der Waals surface area contributed by atoms with Crippen molar-refractivity contribution in [1.29, 1.82) is 0 Å². The second-order valence-corrected chi connectivity index (χ2v) is 6.24. The second-order valence-electron chi connectivity index (χ2n) is 4.94. The van der Waals surface area contributed by atoms with Crippen LogP contribution in [-0.2, 0) is 4.79 Å². The molecule has 1 fully saturated rings. The van der Waals surface area contributed by atoms with E-state index in [9.17, 15) is 4.79 Å². The average Bonchev–Trinajstić information content (AvgIpc) is 2.42. The maximum absolute atomic E-state index is 12.6. The van der Waals surface area contributed by atoms with Gasteiger partial charge in [-0.25, -0.2) is 0 Å². The van der Waals surface area contributed by atoms with Crippen LogP contribution in [0.4, 0.5) is 5.69 Å². The number of carbonyl (C=O) groups excluding carboxylic acids is 1. The van der Waals surface area contributed by atoms with Gasteiger partial charge in [0.2, 0.25) is 5.91 Å². The van der Waals surface area contributed by atoms with Crippen molar-refractivity contribution in [2.75, 3.05) is 5.32 Å². The molecule has 102 valence electrons. The van der Waals surface area contributed by atoms with Crippen molar-refractivity contribution in [3.05, 3.63) is 28.7 Å². The first-order valence-corrected chi connectivity index (χ1v) is 7.62. The Bertz CT molecular complexity index is 498. The van der Waals surface area contributed by atoms with Gasteiger partial charge in [-0.15, -0.1) is 0 Å². The molecule has 1 saturated carbocycles. The van der Waals surface area contributed by atoms with E-state index in [0.29, 0.717) is 4.99 Å². The van der Waals surface area contributed by atoms with E-state index in [0.717, 1.165) is 42.3 Å². The Morgan fingerprint density at radius 2 is 1.89 bits per heavy atom. The quantitative estimate of drug-likeness (QED) is 0.826. The van der Waals surface area contributed by atoms with Crippen molar-refractivity contribution < 1.29 is 4.79 Å². The summed E-state index contributed by atoms with van der Waals surface area (Å²) in [5.74, 6) is -0.0772. The van der Waals surface area contributed by atoms with Crippen LogP contribution in [0.25, 0.3) is 0 Å². The molecule has 3 N–H and O–H groups in total. The first-order chi connectivity index (χ1) is 9.06. The molecule has 3 nitrogen and oxygen atoms in total. The SMILES string of the molecule is NC(=S)C1(C(=O)Nc2ccccc2Br)CCCCC1. The van der Waals surface area contributed by atoms with Crippen molar-refractivity contribution >= 4 is 44.7 Å². The zero-order valence-electron chi connectivity index (χ0n) is 10.6. The number of nitrogens with one attached hydrogen (secondary N) is 1. The van der Waals surface area contributed by atoms with Crippen molar-refractivity contribution in [2.45, 2.75) is 32.1 Å². The van der Waals surface area contributed by atoms with Gasteiger partial charge < -0.3 is 11.1 Å². The third-order valence-corrected chi connectivity index (χ3v) is 4.82. The lowest BCUT2D eigenvalue weighted by molar-refractivity contribution is -0.123. The van der Waals surface area contributed by atoms with E-state index in [-0.39, 0.29) is 5.91 Å². The van der Waals surface area contributed by atoms with Gasteiger partial charge in [0.15, 0.2) is 0 Å². The average molecular weight is 341 g/mol. The molecule has 19 heavy (non-hydrogen) atoms. The van der Waals surface area contributed by atoms with Gasteiger partial charge in [0, 0.05) is 4.47 Å². The van der Waals surface area contributed by atoms with Crippen LogP contribution in [0, 0.1) is 5.41 Å². The van der Waals surface area contributed by atoms with Crippen molar-refractivity contribution in [1.82, 2.24) is 0 Å². The monoisotopic (exact) mass is 340 g/mol. The largest absolute Gasteiger partial charge is 0.392 e. The van der Waals surface area contributed by atoms with Crippen molar-refractivity contribution in [2.24, 2.45) is 11.1 Å². The van der Waals surface area contributed by atoms with Crippen LogP contribution in [0.2, 0.25) is 0 Å². The fraction of sp³-hybridized carbons (Fsp3) is 0.429. The minimum Gasteiger partial charge on any atom is -0.392 e. The minimum absolute atomic E-state index is 0.0772. The molecule has 0 saturated heterocycles. The number of benzene rings is 1. The van der Waals surface area contributed by atoms with E-state index in [2.05, 4.69) is 21.2 Å². The molecule has 0 aromatic heterocycles. The van der Waals surface area contributed by atoms with Gasteiger partial charge in [-0.05, 0) is 40.9 Å². The summed E-state index contributed by atoms with van der Waals surface area (Å²) in [5, 5.41) is 2.95. The van der Waals surface area contributed by atoms with Crippen LogP contribution in [0.3, 0.4) is 0 Å². The molecular formula is C14H17BrN2OS. The number of rotatable bonds is 3. The Hall–Kier alpha value is -0.940. The maximum Gasteiger partial charge on any atom is 0.237 e. The molecule has 0 aliphatic heterocycles. The molecule has 1 aromatic carbocycles. The Kier molecular flexibility index (Phi) is 4.58. The van der Waals surface area contributed by atoms with Crippen LogP contribution >= 0.6 is 28.1 Å². The molecule has 0 radical (unpaired) electrons. The predicted molar refractivity (Wildman–Crippen MR) is 85.1 cm³/mol. The summed E-state index contributed by atoms with van der Waals surface area (Å²) in [6.07, 6.45) is 4.64. The molecule has 0 atom stereocenters. The Morgan fingerprint density at radius 3 is 2.47 bits per heavy atom. The zero-order chi connectivity index (χ0) is 13.9. The Morgan fingerprint density at radius 1 is 1.26 bits per heavy atom. The van der Waals surface area contributed by atoms with Gasteiger partial charge in [0.05, 0.1) is 16.1 Å². The van der Waals surface area contributed by atoms with E-state index in [1.807, 2.05) is 24.3 Å². The van der Waals surface area contributed by atoms with Gasteiger partial charge in [-0.2, -0.15) is 0 Å². The molecule has 0 heterocycles. The number of para-hydroxylation sites is 1. The highest BCUT2D eigenvalue weighted by molar-refractivity contribution is 9.10. The van der Waals surface area contributed by atoms with Crippen molar-refractivity contribution in [3.8, 4) is 0 Å². The number of halogens is 1. The fourth-order valence-electron chi connectivity index (χ4n) is 2.55. The number of carbonyl (C=O) groups is 1. The first-order valence-electron chi connectivity index (χ1n) is 6.42. The number of amides is 1. The number of thiocarbonyl (C=S) groups is 1. The molecule has 0 unspecified atom stereocenters. The number of nitrogens with two attached hydrogens (primary N) is 1. The third-order valence-electron chi connectivity index (χ3n) is 3.74. The summed E-state index contributed by atoms with van der Waals surface area (Å²) < 4.78 is 0.859. The summed E-state index contributed by atoms with van der Waals surface area (Å²) in [6, 6.07) is 7.54. The molecule has 0 spiro atoms. The summed E-state index contributed by atoms with van der Waals surface area (Å²) in [5.41, 5.74) is 5.93. The smallest absolute Gasteiger partial charge is 0.237 e. The predicted octanol–water partition coefficient (Wildman–Crippen LogP) is 3.62. The molecule has 2 rings (SSSR count). The third kappa shape index (κ3) is 2.98. The van der Waals surface area contributed by atoms with Crippen molar-refractivity contribution in [3.63, 3.8) is 0 Å². The summed E-state index contributed by atoms with van der Waals surface area (Å²) >= 11 is 8.58. The van der Waals surface area contributed by atoms with E-state index >= 15 is 0 Å². The van der Waals surface area contributed by atoms with Gasteiger partial charge in [0.1, 0.15) is 0 Å². The summed E-state index contributed by atoms with van der Waals surface area (Å²) in [6.45, 7) is 0. The first kappa shape index (κ1) is 14.5. The van der Waals surface area contributed by atoms with Crippen LogP contribution in [0.15, 0.2) is 28.7 Å². The highest BCUT2D eigenvalue weighted by atomic mass is 79.9. The van der Waals surface area contributed by atoms with Crippen LogP contribution in [0.1, 0.15) is 32.1 Å². The fourth-order valence-corrected chi connectivity index (χ4v) is 3.23. The van der Waals surface area contributed by atoms with Crippen LogP contribution < -0.4 is 11.1 Å². The molecule has 1 aliphatic rings. The lowest BCUT2D eigenvalue weighted by Gasteiger charge is -2.34. The van der Waals surface area contributed by atoms with Gasteiger partial charge in [-0.1, -0.05) is 43.6 Å².